The average Bonchev–Trinajstić information content (AvgIpc) is 4.35. The number of halogens is 8. The SMILES string of the molecule is COc1nccc(N(Cc2ccc(-c3noc(C(F)(F)F)n3)s2)c2cnccn2)n1.COc1nccc(N)n1.COc1nccc(Nc2cnccn2)n1.Clc1cnccn1.FC(F)(F)c1nc(-c2ccc(CBr)s2)no1.[B]C. The van der Waals surface area contributed by atoms with Gasteiger partial charge in [0.05, 0.1) is 64.1 Å². The van der Waals surface area contributed by atoms with Gasteiger partial charge in [0.15, 0.2) is 5.82 Å². The van der Waals surface area contributed by atoms with E-state index in [9.17, 15) is 26.3 Å². The van der Waals surface area contributed by atoms with Crippen molar-refractivity contribution < 1.29 is 49.6 Å². The summed E-state index contributed by atoms with van der Waals surface area (Å²) < 4.78 is 97.8. The monoisotopic (exact) mass is 1220 g/mol. The van der Waals surface area contributed by atoms with Crippen LogP contribution in [0.4, 0.5) is 55.4 Å². The number of rotatable bonds is 12. The maximum absolute atomic E-state index is 12.7. The summed E-state index contributed by atoms with van der Waals surface area (Å²) in [5.74, 6) is -0.193. The van der Waals surface area contributed by atoms with Gasteiger partial charge in [-0.05, 0) is 42.5 Å². The Morgan fingerprint density at radius 1 is 0.582 bits per heavy atom. The fraction of sp³-hybridized carbons (Fsp3) is 0.182. The second-order valence-corrected chi connectivity index (χ2v) is 17.0. The summed E-state index contributed by atoms with van der Waals surface area (Å²) in [5, 5.41) is 10.8. The molecule has 0 saturated heterocycles. The van der Waals surface area contributed by atoms with Crippen molar-refractivity contribution >= 4 is 87.1 Å². The third-order valence-electron chi connectivity index (χ3n) is 8.46. The molecule has 35 heteroatoms. The zero-order valence-electron chi connectivity index (χ0n) is 41.0. The number of alkyl halides is 7. The van der Waals surface area contributed by atoms with Gasteiger partial charge in [-0.1, -0.05) is 44.7 Å². The van der Waals surface area contributed by atoms with Crippen LogP contribution >= 0.6 is 50.2 Å². The molecule has 0 amide bonds. The van der Waals surface area contributed by atoms with Crippen molar-refractivity contribution in [3.05, 3.63) is 144 Å². The molecule has 0 aliphatic carbocycles. The molecule has 0 aliphatic heterocycles. The Labute approximate surface area is 465 Å². The molecule has 0 saturated carbocycles. The molecule has 0 spiro atoms. The first-order valence-corrected chi connectivity index (χ1v) is 24.7. The number of thiophene rings is 2. The summed E-state index contributed by atoms with van der Waals surface area (Å²) in [4.78, 5) is 58.7. The van der Waals surface area contributed by atoms with Gasteiger partial charge in [0.25, 0.3) is 0 Å². The third kappa shape index (κ3) is 20.0. The van der Waals surface area contributed by atoms with Gasteiger partial charge < -0.3 is 39.2 Å². The zero-order chi connectivity index (χ0) is 57.2. The Morgan fingerprint density at radius 2 is 1.10 bits per heavy atom. The van der Waals surface area contributed by atoms with Crippen LogP contribution < -0.4 is 30.2 Å². The lowest BCUT2D eigenvalue weighted by Gasteiger charge is -2.21. The predicted molar refractivity (Wildman–Crippen MR) is 280 cm³/mol. The van der Waals surface area contributed by atoms with E-state index in [1.807, 2.05) is 0 Å². The van der Waals surface area contributed by atoms with Gasteiger partial charge in [-0.15, -0.1) is 22.7 Å². The van der Waals surface area contributed by atoms with Gasteiger partial charge in [0.1, 0.15) is 28.4 Å². The van der Waals surface area contributed by atoms with Crippen LogP contribution in [-0.4, -0.2) is 109 Å². The number of hydrogen-bond acceptors (Lipinski definition) is 26. The van der Waals surface area contributed by atoms with E-state index < -0.39 is 24.1 Å². The minimum atomic E-state index is -4.69. The number of nitrogens with one attached hydrogen (secondary N) is 1. The fourth-order valence-electron chi connectivity index (χ4n) is 5.21. The Balaban J connectivity index is 0.000000198. The summed E-state index contributed by atoms with van der Waals surface area (Å²) in [6, 6.07) is 12.6. The normalized spacial score (nSPS) is 10.5. The maximum Gasteiger partial charge on any atom is 0.471 e. The molecule has 410 valence electrons. The molecule has 10 aromatic heterocycles. The molecule has 3 N–H and O–H groups in total. The van der Waals surface area contributed by atoms with E-state index in [1.165, 1.54) is 57.0 Å². The molecular formula is C44H38BBrClF6N19O5S2. The van der Waals surface area contributed by atoms with Crippen molar-refractivity contribution in [2.24, 2.45) is 0 Å². The second kappa shape index (κ2) is 30.9. The number of ether oxygens (including phenoxy) is 3. The first-order chi connectivity index (χ1) is 38.0. The summed E-state index contributed by atoms with van der Waals surface area (Å²) in [5.41, 5.74) is 5.30. The van der Waals surface area contributed by atoms with Gasteiger partial charge in [0.2, 0.25) is 11.6 Å². The van der Waals surface area contributed by atoms with Crippen molar-refractivity contribution in [3.63, 3.8) is 0 Å². The Hall–Kier alpha value is -8.63. The molecule has 0 bridgehead atoms. The van der Waals surface area contributed by atoms with Crippen molar-refractivity contribution in [1.82, 2.24) is 80.1 Å². The number of hydrogen-bond donors (Lipinski definition) is 2. The van der Waals surface area contributed by atoms with Gasteiger partial charge in [-0.25, -0.2) is 29.9 Å². The molecule has 0 aromatic carbocycles. The lowest BCUT2D eigenvalue weighted by Crippen LogP contribution is -2.18. The van der Waals surface area contributed by atoms with Crippen molar-refractivity contribution in [2.75, 3.05) is 37.3 Å². The van der Waals surface area contributed by atoms with Crippen LogP contribution in [0.25, 0.3) is 21.4 Å². The minimum Gasteiger partial charge on any atom is -0.467 e. The summed E-state index contributed by atoms with van der Waals surface area (Å²) in [7, 11) is 8.97. The topological polar surface area (TPSA) is 301 Å². The van der Waals surface area contributed by atoms with E-state index in [2.05, 4.69) is 118 Å². The number of methoxy groups -OCH3 is 3. The number of anilines is 5. The van der Waals surface area contributed by atoms with E-state index >= 15 is 0 Å². The van der Waals surface area contributed by atoms with Crippen molar-refractivity contribution in [2.45, 2.75) is 31.1 Å². The van der Waals surface area contributed by atoms with Gasteiger partial charge in [-0.2, -0.15) is 51.3 Å². The van der Waals surface area contributed by atoms with Crippen LogP contribution in [0.3, 0.4) is 0 Å². The van der Waals surface area contributed by atoms with Gasteiger partial charge in [-0.3, -0.25) is 15.0 Å². The van der Waals surface area contributed by atoms with Crippen LogP contribution in [0, 0.1) is 0 Å². The molecule has 24 nitrogen and oxygen atoms in total. The number of nitrogens with zero attached hydrogens (tertiary/aromatic N) is 17. The first kappa shape index (κ1) is 61.2. The maximum atomic E-state index is 12.7. The number of aromatic nitrogens is 16. The first-order valence-electron chi connectivity index (χ1n) is 21.5. The largest absolute Gasteiger partial charge is 0.471 e. The second-order valence-electron chi connectivity index (χ2n) is 13.7. The zero-order valence-corrected chi connectivity index (χ0v) is 45.0. The average molecular weight is 1220 g/mol. The smallest absolute Gasteiger partial charge is 0.467 e. The quantitative estimate of drug-likeness (QED) is 0.0653. The van der Waals surface area contributed by atoms with Crippen LogP contribution in [0.15, 0.2) is 126 Å². The van der Waals surface area contributed by atoms with Crippen molar-refractivity contribution in [3.8, 4) is 39.4 Å². The Bertz CT molecular complexity index is 3340. The molecular weight excluding hydrogens is 1180 g/mol. The molecule has 10 heterocycles. The molecule has 10 aromatic rings. The highest BCUT2D eigenvalue weighted by atomic mass is 79.9. The highest BCUT2D eigenvalue weighted by Crippen LogP contribution is 2.35. The number of nitrogens with two attached hydrogens (primary N) is 1. The molecule has 79 heavy (non-hydrogen) atoms. The van der Waals surface area contributed by atoms with E-state index in [-0.39, 0.29) is 17.7 Å². The van der Waals surface area contributed by atoms with Crippen molar-refractivity contribution in [1.29, 1.82) is 0 Å². The molecule has 0 atom stereocenters. The summed E-state index contributed by atoms with van der Waals surface area (Å²) >= 11 is 11.1. The molecule has 2 radical (unpaired) electrons. The minimum absolute atomic E-state index is 0.0375. The molecule has 0 unspecified atom stereocenters. The lowest BCUT2D eigenvalue weighted by molar-refractivity contribution is -0.160. The third-order valence-corrected chi connectivity index (χ3v) is 11.8. The molecule has 10 rings (SSSR count). The standard InChI is InChI=1S/C17H12F3N7O2S.C9H9N5O.C8H4BrF3N2OS.C5H7N3O.C4H3ClN2.CH3B/c1-28-16-23-5-4-12(24-16)27(13-8-21-6-7-22-13)9-10-2-3-11(30-10)14-25-15(29-26-14)17(18,19)20;1-15-9-12-3-2-7(14-9)13-8-6-10-4-5-11-8;9-3-4-1-2-5(16-4)6-13-7(15-14-6)8(10,11)12;1-9-5-7-3-2-4(6)8-5;5-4-3-6-1-2-7-4;1-2/h2-8H,9H2,1H3;2-6H,1H3,(H,11,12,13,14);1-2H,3H2;2-3H,1H3,(H2,6,7,8);1-3H;1H3. The van der Waals surface area contributed by atoms with E-state index in [1.54, 1.807) is 116 Å². The van der Waals surface area contributed by atoms with Crippen LogP contribution in [0.5, 0.6) is 18.0 Å². The highest BCUT2D eigenvalue weighted by molar-refractivity contribution is 9.08. The van der Waals surface area contributed by atoms with E-state index in [0.29, 0.717) is 67.9 Å². The summed E-state index contributed by atoms with van der Waals surface area (Å²) in [6.45, 7) is 1.81. The van der Waals surface area contributed by atoms with E-state index in [0.717, 1.165) is 9.75 Å². The fourth-order valence-corrected chi connectivity index (χ4v) is 7.56. The number of nitrogen functional groups attached to an aromatic ring is 1. The predicted octanol–water partition coefficient (Wildman–Crippen LogP) is 9.87. The van der Waals surface area contributed by atoms with Gasteiger partial charge >= 0.3 is 42.2 Å². The molecule has 0 fully saturated rings. The lowest BCUT2D eigenvalue weighted by atomic mass is 10.2. The Morgan fingerprint density at radius 3 is 1.56 bits per heavy atom. The Kier molecular flexibility index (Phi) is 24.0. The van der Waals surface area contributed by atoms with Crippen LogP contribution in [0.1, 0.15) is 21.5 Å². The summed E-state index contributed by atoms with van der Waals surface area (Å²) in [6.07, 6.45) is 9.46. The highest BCUT2D eigenvalue weighted by Gasteiger charge is 2.39. The van der Waals surface area contributed by atoms with Crippen LogP contribution in [-0.2, 0) is 24.2 Å². The molecule has 0 aliphatic rings. The van der Waals surface area contributed by atoms with Crippen LogP contribution in [0.2, 0.25) is 12.0 Å². The van der Waals surface area contributed by atoms with E-state index in [4.69, 9.17) is 31.5 Å². The van der Waals surface area contributed by atoms with Gasteiger partial charge in [0, 0.05) is 70.9 Å².